The van der Waals surface area contributed by atoms with Gasteiger partial charge in [0.2, 0.25) is 0 Å². The Morgan fingerprint density at radius 2 is 1.92 bits per heavy atom. The molecule has 3 aromatic rings. The zero-order valence-electron chi connectivity index (χ0n) is 14.1. The van der Waals surface area contributed by atoms with Crippen LogP contribution in [-0.4, -0.2) is 28.0 Å². The second-order valence-electron chi connectivity index (χ2n) is 5.32. The quantitative estimate of drug-likeness (QED) is 0.687. The number of ether oxygens (including phenoxy) is 2. The highest BCUT2D eigenvalue weighted by Gasteiger charge is 2.18. The Balaban J connectivity index is 1.73. The van der Waals surface area contributed by atoms with E-state index in [1.807, 2.05) is 18.2 Å². The van der Waals surface area contributed by atoms with Crippen molar-refractivity contribution in [3.8, 4) is 23.1 Å². The Hall–Kier alpha value is -3.66. The van der Waals surface area contributed by atoms with Gasteiger partial charge in [0, 0.05) is 11.1 Å². The summed E-state index contributed by atoms with van der Waals surface area (Å²) in [6, 6.07) is 16.5. The summed E-state index contributed by atoms with van der Waals surface area (Å²) in [5, 5.41) is 19.4. The number of nitrogens with zero attached hydrogens (tertiary/aromatic N) is 3. The predicted octanol–water partition coefficient (Wildman–Crippen LogP) is 3.10. The fourth-order valence-corrected chi connectivity index (χ4v) is 2.40. The minimum absolute atomic E-state index is 0.142. The summed E-state index contributed by atoms with van der Waals surface area (Å²) < 4.78 is 10.7. The number of nitriles is 1. The topological polar surface area (TPSA) is 101 Å². The molecule has 1 heterocycles. The molecule has 0 aliphatic carbocycles. The third kappa shape index (κ3) is 3.70. The number of rotatable bonds is 6. The van der Waals surface area contributed by atoms with Crippen LogP contribution in [-0.2, 0) is 11.3 Å². The molecular formula is C19H16N4O3. The Morgan fingerprint density at radius 3 is 2.65 bits per heavy atom. The van der Waals surface area contributed by atoms with Crippen LogP contribution in [0.4, 0.5) is 0 Å². The number of aromatic amines is 1. The van der Waals surface area contributed by atoms with Crippen LogP contribution < -0.4 is 4.74 Å². The van der Waals surface area contributed by atoms with E-state index < -0.39 is 5.97 Å². The summed E-state index contributed by atoms with van der Waals surface area (Å²) in [7, 11) is 0. The predicted molar refractivity (Wildman–Crippen MR) is 93.3 cm³/mol. The molecule has 0 atom stereocenters. The van der Waals surface area contributed by atoms with Crippen LogP contribution in [0.3, 0.4) is 0 Å². The van der Waals surface area contributed by atoms with E-state index in [9.17, 15) is 4.79 Å². The van der Waals surface area contributed by atoms with Crippen LogP contribution in [0.2, 0.25) is 0 Å². The zero-order chi connectivity index (χ0) is 18.4. The van der Waals surface area contributed by atoms with Gasteiger partial charge in [-0.2, -0.15) is 15.6 Å². The van der Waals surface area contributed by atoms with Crippen molar-refractivity contribution in [2.75, 3.05) is 6.61 Å². The highest BCUT2D eigenvalue weighted by molar-refractivity contribution is 5.93. The van der Waals surface area contributed by atoms with Crippen molar-refractivity contribution in [3.63, 3.8) is 0 Å². The number of carbonyl (C=O) groups excluding carboxylic acids is 1. The number of aromatic nitrogens is 3. The zero-order valence-corrected chi connectivity index (χ0v) is 14.1. The van der Waals surface area contributed by atoms with Gasteiger partial charge in [-0.3, -0.25) is 0 Å². The van der Waals surface area contributed by atoms with E-state index in [-0.39, 0.29) is 12.3 Å². The lowest BCUT2D eigenvalue weighted by Gasteiger charge is -2.08. The van der Waals surface area contributed by atoms with Crippen LogP contribution in [0.15, 0.2) is 48.5 Å². The average Bonchev–Trinajstić information content (AvgIpc) is 3.17. The summed E-state index contributed by atoms with van der Waals surface area (Å²) in [5.74, 6) is 0.118. The molecule has 0 saturated carbocycles. The van der Waals surface area contributed by atoms with Crippen LogP contribution in [0.1, 0.15) is 28.5 Å². The van der Waals surface area contributed by atoms with Crippen LogP contribution in [0, 0.1) is 11.3 Å². The number of nitrogens with one attached hydrogen (secondary N) is 1. The number of benzene rings is 2. The van der Waals surface area contributed by atoms with Crippen molar-refractivity contribution >= 4 is 5.97 Å². The summed E-state index contributed by atoms with van der Waals surface area (Å²) >= 11 is 0. The van der Waals surface area contributed by atoms with Crippen molar-refractivity contribution in [1.82, 2.24) is 15.4 Å². The second kappa shape index (κ2) is 7.94. The van der Waals surface area contributed by atoms with Crippen molar-refractivity contribution < 1.29 is 14.3 Å². The highest BCUT2D eigenvalue weighted by atomic mass is 16.5. The maximum atomic E-state index is 11.9. The lowest BCUT2D eigenvalue weighted by Crippen LogP contribution is -2.06. The largest absolute Gasteiger partial charge is 0.489 e. The van der Waals surface area contributed by atoms with Gasteiger partial charge in [0.15, 0.2) is 5.69 Å². The molecule has 1 N–H and O–H groups in total. The van der Waals surface area contributed by atoms with Crippen molar-refractivity contribution in [1.29, 1.82) is 5.26 Å². The molecular weight excluding hydrogens is 332 g/mol. The van der Waals surface area contributed by atoms with Gasteiger partial charge >= 0.3 is 5.97 Å². The molecule has 3 rings (SSSR count). The van der Waals surface area contributed by atoms with Crippen LogP contribution in [0.5, 0.6) is 5.75 Å². The fourth-order valence-electron chi connectivity index (χ4n) is 2.40. The molecule has 7 nitrogen and oxygen atoms in total. The molecule has 1 aromatic heterocycles. The van der Waals surface area contributed by atoms with Gasteiger partial charge in [0.1, 0.15) is 18.1 Å². The average molecular weight is 348 g/mol. The third-order valence-corrected chi connectivity index (χ3v) is 3.68. The molecule has 0 amide bonds. The molecule has 0 fully saturated rings. The monoisotopic (exact) mass is 348 g/mol. The Bertz CT molecular complexity index is 942. The summed E-state index contributed by atoms with van der Waals surface area (Å²) in [4.78, 5) is 11.9. The van der Waals surface area contributed by atoms with Crippen molar-refractivity contribution in [3.05, 3.63) is 65.4 Å². The number of esters is 1. The van der Waals surface area contributed by atoms with Gasteiger partial charge in [0.25, 0.3) is 0 Å². The molecule has 0 unspecified atom stereocenters. The molecule has 0 aliphatic heterocycles. The van der Waals surface area contributed by atoms with Gasteiger partial charge in [0.05, 0.1) is 18.2 Å². The molecule has 0 spiro atoms. The van der Waals surface area contributed by atoms with Gasteiger partial charge < -0.3 is 9.47 Å². The first-order valence-electron chi connectivity index (χ1n) is 8.02. The molecule has 2 aromatic carbocycles. The summed E-state index contributed by atoms with van der Waals surface area (Å²) in [5.41, 5.74) is 2.69. The van der Waals surface area contributed by atoms with E-state index >= 15 is 0 Å². The fraction of sp³-hybridized carbons (Fsp3) is 0.158. The van der Waals surface area contributed by atoms with E-state index in [1.165, 1.54) is 0 Å². The van der Waals surface area contributed by atoms with E-state index in [4.69, 9.17) is 14.7 Å². The number of hydrogen-bond donors (Lipinski definition) is 1. The van der Waals surface area contributed by atoms with E-state index in [2.05, 4.69) is 21.5 Å². The second-order valence-corrected chi connectivity index (χ2v) is 5.32. The van der Waals surface area contributed by atoms with Crippen molar-refractivity contribution in [2.45, 2.75) is 13.5 Å². The smallest absolute Gasteiger partial charge is 0.361 e. The standard InChI is InChI=1S/C19H16N4O3/c1-2-25-19(24)18-17(21-23-22-18)13-7-9-16(10-8-13)26-12-15-6-4-3-5-14(15)11-20/h3-10H,2,12H2,1H3,(H,21,22,23). The van der Waals surface area contributed by atoms with Crippen molar-refractivity contribution in [2.24, 2.45) is 0 Å². The minimum atomic E-state index is -0.523. The number of H-pyrrole nitrogens is 1. The lowest BCUT2D eigenvalue weighted by atomic mass is 10.1. The van der Waals surface area contributed by atoms with Crippen LogP contribution >= 0.6 is 0 Å². The summed E-state index contributed by atoms with van der Waals surface area (Å²) in [6.45, 7) is 2.29. The van der Waals surface area contributed by atoms with Gasteiger partial charge in [-0.25, -0.2) is 4.79 Å². The summed E-state index contributed by atoms with van der Waals surface area (Å²) in [6.07, 6.45) is 0. The van der Waals surface area contributed by atoms with Gasteiger partial charge in [-0.1, -0.05) is 18.2 Å². The molecule has 0 aliphatic rings. The lowest BCUT2D eigenvalue weighted by molar-refractivity contribution is 0.0520. The van der Waals surface area contributed by atoms with E-state index in [0.717, 1.165) is 5.56 Å². The first-order valence-corrected chi connectivity index (χ1v) is 8.02. The number of carbonyl (C=O) groups is 1. The molecule has 7 heteroatoms. The Labute approximate surface area is 150 Å². The Morgan fingerprint density at radius 1 is 1.15 bits per heavy atom. The molecule has 0 radical (unpaired) electrons. The first kappa shape index (κ1) is 17.2. The third-order valence-electron chi connectivity index (χ3n) is 3.68. The van der Waals surface area contributed by atoms with E-state index in [1.54, 1.807) is 37.3 Å². The highest BCUT2D eigenvalue weighted by Crippen LogP contribution is 2.24. The molecule has 0 bridgehead atoms. The van der Waals surface area contributed by atoms with Crippen LogP contribution in [0.25, 0.3) is 11.3 Å². The van der Waals surface area contributed by atoms with Gasteiger partial charge in [-0.15, -0.1) is 5.10 Å². The molecule has 26 heavy (non-hydrogen) atoms. The number of hydrogen-bond acceptors (Lipinski definition) is 6. The Kier molecular flexibility index (Phi) is 5.25. The maximum Gasteiger partial charge on any atom is 0.361 e. The molecule has 130 valence electrons. The normalized spacial score (nSPS) is 10.2. The first-order chi connectivity index (χ1) is 12.7. The van der Waals surface area contributed by atoms with Gasteiger partial charge in [-0.05, 0) is 37.3 Å². The maximum absolute atomic E-state index is 11.9. The molecule has 0 saturated heterocycles. The van der Waals surface area contributed by atoms with E-state index in [0.29, 0.717) is 29.2 Å². The minimum Gasteiger partial charge on any atom is -0.489 e. The SMILES string of the molecule is CCOC(=O)c1n[nH]nc1-c1ccc(OCc2ccccc2C#N)cc1.